The molecule has 1 aliphatic heterocycles. The molecule has 17 heavy (non-hydrogen) atoms. The van der Waals surface area contributed by atoms with Crippen LogP contribution >= 0.6 is 0 Å². The van der Waals surface area contributed by atoms with Gasteiger partial charge in [-0.15, -0.1) is 0 Å². The summed E-state index contributed by atoms with van der Waals surface area (Å²) in [5, 5.41) is 0. The highest BCUT2D eigenvalue weighted by molar-refractivity contribution is 6.06. The average Bonchev–Trinajstić information content (AvgIpc) is 2.26. The summed E-state index contributed by atoms with van der Waals surface area (Å²) in [5.41, 5.74) is -3.94. The number of cyclic esters (lactones) is 2. The second-order valence-corrected chi connectivity index (χ2v) is 3.93. The van der Waals surface area contributed by atoms with E-state index in [1.807, 2.05) is 0 Å². The van der Waals surface area contributed by atoms with Gasteiger partial charge in [0.25, 0.3) is 11.2 Å². The quantitative estimate of drug-likeness (QED) is 0.374. The summed E-state index contributed by atoms with van der Waals surface area (Å²) < 4.78 is 13.9. The molecule has 1 saturated heterocycles. The van der Waals surface area contributed by atoms with Gasteiger partial charge in [-0.05, 0) is 13.8 Å². The summed E-state index contributed by atoms with van der Waals surface area (Å²) in [7, 11) is 0. The van der Waals surface area contributed by atoms with Gasteiger partial charge in [0.05, 0.1) is 0 Å². The Bertz CT molecular complexity index is 375. The Morgan fingerprint density at radius 2 is 1.24 bits per heavy atom. The molecule has 0 aromatic heterocycles. The summed E-state index contributed by atoms with van der Waals surface area (Å²) in [4.78, 5) is 45.0. The van der Waals surface area contributed by atoms with Gasteiger partial charge in [0.15, 0.2) is 0 Å². The van der Waals surface area contributed by atoms with Crippen molar-refractivity contribution in [2.24, 2.45) is 0 Å². The normalized spacial score (nSPS) is 32.0. The molecule has 0 aromatic carbocycles. The predicted molar refractivity (Wildman–Crippen MR) is 51.4 cm³/mol. The van der Waals surface area contributed by atoms with Gasteiger partial charge < -0.3 is 14.2 Å². The molecule has 7 nitrogen and oxygen atoms in total. The lowest BCUT2D eigenvalue weighted by molar-refractivity contribution is -0.197. The smallest absolute Gasteiger partial charge is 0.363 e. The van der Waals surface area contributed by atoms with E-state index in [9.17, 15) is 19.2 Å². The second kappa shape index (κ2) is 3.83. The molecule has 0 radical (unpaired) electrons. The highest BCUT2D eigenvalue weighted by Crippen LogP contribution is 2.38. The SMILES string of the molecule is CC(=O)O[C@@]1(C)C(=O)OC(=O)[C@]1(C)OC(C)=O. The van der Waals surface area contributed by atoms with Crippen LogP contribution in [0.2, 0.25) is 0 Å². The first-order valence-corrected chi connectivity index (χ1v) is 4.79. The third kappa shape index (κ3) is 1.88. The van der Waals surface area contributed by atoms with Crippen LogP contribution in [0.1, 0.15) is 27.7 Å². The van der Waals surface area contributed by atoms with Crippen LogP contribution in [0, 0.1) is 0 Å². The number of carbonyl (C=O) groups excluding carboxylic acids is 4. The van der Waals surface area contributed by atoms with E-state index in [0.717, 1.165) is 27.7 Å². The minimum absolute atomic E-state index is 0.794. The van der Waals surface area contributed by atoms with E-state index in [0.29, 0.717) is 0 Å². The lowest BCUT2D eigenvalue weighted by Crippen LogP contribution is -2.57. The number of carbonyl (C=O) groups is 4. The van der Waals surface area contributed by atoms with Crippen LogP contribution < -0.4 is 0 Å². The number of esters is 4. The second-order valence-electron chi connectivity index (χ2n) is 3.93. The fourth-order valence-electron chi connectivity index (χ4n) is 1.52. The van der Waals surface area contributed by atoms with E-state index in [2.05, 4.69) is 4.74 Å². The fraction of sp³-hybridized carbons (Fsp3) is 0.600. The van der Waals surface area contributed by atoms with Crippen molar-refractivity contribution < 1.29 is 33.4 Å². The molecule has 7 heteroatoms. The third-order valence-electron chi connectivity index (χ3n) is 2.57. The van der Waals surface area contributed by atoms with E-state index in [-0.39, 0.29) is 0 Å². The van der Waals surface area contributed by atoms with Crippen LogP contribution in [0.5, 0.6) is 0 Å². The van der Waals surface area contributed by atoms with Crippen molar-refractivity contribution in [3.8, 4) is 0 Å². The highest BCUT2D eigenvalue weighted by Gasteiger charge is 2.69. The van der Waals surface area contributed by atoms with Crippen LogP contribution in [-0.2, 0) is 33.4 Å². The van der Waals surface area contributed by atoms with Crippen molar-refractivity contribution in [1.82, 2.24) is 0 Å². The first-order valence-electron chi connectivity index (χ1n) is 4.79. The maximum absolute atomic E-state index is 11.5. The van der Waals surface area contributed by atoms with Gasteiger partial charge in [-0.2, -0.15) is 0 Å². The van der Waals surface area contributed by atoms with Gasteiger partial charge in [-0.3, -0.25) is 9.59 Å². The molecule has 0 spiro atoms. The molecule has 0 bridgehead atoms. The van der Waals surface area contributed by atoms with Crippen molar-refractivity contribution in [2.45, 2.75) is 38.9 Å². The van der Waals surface area contributed by atoms with Gasteiger partial charge in [0.1, 0.15) is 0 Å². The Hall–Kier alpha value is -1.92. The molecule has 0 unspecified atom stereocenters. The summed E-state index contributed by atoms with van der Waals surface area (Å²) in [6.07, 6.45) is 0. The first-order chi connectivity index (χ1) is 7.63. The van der Waals surface area contributed by atoms with E-state index >= 15 is 0 Å². The average molecular weight is 244 g/mol. The summed E-state index contributed by atoms with van der Waals surface area (Å²) in [6, 6.07) is 0. The standard InChI is InChI=1S/C10H12O7/c1-5(11)16-9(3)7(13)15-8(14)10(9,4)17-6(2)12/h1-4H3/t9-,10-/m0/s1. The van der Waals surface area contributed by atoms with Gasteiger partial charge >= 0.3 is 23.9 Å². The zero-order chi connectivity index (χ0) is 13.4. The number of ether oxygens (including phenoxy) is 3. The lowest BCUT2D eigenvalue weighted by atomic mass is 9.88. The molecule has 0 N–H and O–H groups in total. The Balaban J connectivity index is 3.22. The zero-order valence-electron chi connectivity index (χ0n) is 9.86. The van der Waals surface area contributed by atoms with Crippen molar-refractivity contribution in [1.29, 1.82) is 0 Å². The largest absolute Gasteiger partial charge is 0.442 e. The van der Waals surface area contributed by atoms with E-state index < -0.39 is 35.1 Å². The molecular weight excluding hydrogens is 232 g/mol. The first kappa shape index (κ1) is 13.1. The lowest BCUT2D eigenvalue weighted by Gasteiger charge is -2.32. The fourth-order valence-corrected chi connectivity index (χ4v) is 1.52. The van der Waals surface area contributed by atoms with Crippen molar-refractivity contribution in [3.63, 3.8) is 0 Å². The molecule has 0 amide bonds. The molecule has 1 aliphatic rings. The van der Waals surface area contributed by atoms with Gasteiger partial charge in [-0.25, -0.2) is 9.59 Å². The van der Waals surface area contributed by atoms with Crippen LogP contribution in [0.15, 0.2) is 0 Å². The maximum Gasteiger partial charge on any atom is 0.363 e. The van der Waals surface area contributed by atoms with Crippen molar-refractivity contribution >= 4 is 23.9 Å². The number of rotatable bonds is 2. The molecule has 0 aliphatic carbocycles. The van der Waals surface area contributed by atoms with Crippen molar-refractivity contribution in [2.75, 3.05) is 0 Å². The van der Waals surface area contributed by atoms with Crippen molar-refractivity contribution in [3.05, 3.63) is 0 Å². The highest BCUT2D eigenvalue weighted by atomic mass is 16.7. The van der Waals surface area contributed by atoms with E-state index in [1.165, 1.54) is 0 Å². The Morgan fingerprint density at radius 3 is 1.47 bits per heavy atom. The van der Waals surface area contributed by atoms with Gasteiger partial charge in [0, 0.05) is 13.8 Å². The van der Waals surface area contributed by atoms with Crippen LogP contribution in [0.4, 0.5) is 0 Å². The topological polar surface area (TPSA) is 96.0 Å². The Labute approximate surface area is 97.0 Å². The zero-order valence-corrected chi connectivity index (χ0v) is 9.86. The van der Waals surface area contributed by atoms with Crippen LogP contribution in [-0.4, -0.2) is 35.1 Å². The molecule has 0 saturated carbocycles. The summed E-state index contributed by atoms with van der Waals surface area (Å²) >= 11 is 0. The molecule has 1 heterocycles. The molecule has 1 rings (SSSR count). The summed E-state index contributed by atoms with van der Waals surface area (Å²) in [6.45, 7) is 4.44. The Kier molecular flexibility index (Phi) is 2.96. The Morgan fingerprint density at radius 1 is 0.941 bits per heavy atom. The minimum atomic E-state index is -1.97. The van der Waals surface area contributed by atoms with Crippen LogP contribution in [0.25, 0.3) is 0 Å². The summed E-state index contributed by atoms with van der Waals surface area (Å²) in [5.74, 6) is -3.72. The van der Waals surface area contributed by atoms with E-state index in [4.69, 9.17) is 9.47 Å². The molecule has 1 fully saturated rings. The molecule has 2 atom stereocenters. The van der Waals surface area contributed by atoms with Crippen LogP contribution in [0.3, 0.4) is 0 Å². The van der Waals surface area contributed by atoms with E-state index in [1.54, 1.807) is 0 Å². The maximum atomic E-state index is 11.5. The van der Waals surface area contributed by atoms with Gasteiger partial charge in [0.2, 0.25) is 0 Å². The number of hydrogen-bond acceptors (Lipinski definition) is 7. The third-order valence-corrected chi connectivity index (χ3v) is 2.57. The molecule has 94 valence electrons. The minimum Gasteiger partial charge on any atom is -0.442 e. The number of hydrogen-bond donors (Lipinski definition) is 0. The molecule has 0 aromatic rings. The predicted octanol–water partition coefficient (Wildman–Crippen LogP) is -0.287. The monoisotopic (exact) mass is 244 g/mol. The molecular formula is C10H12O7. The van der Waals surface area contributed by atoms with Gasteiger partial charge in [-0.1, -0.05) is 0 Å².